The summed E-state index contributed by atoms with van der Waals surface area (Å²) >= 11 is 0. The molecule has 1 heterocycles. The first-order chi connectivity index (χ1) is 21.6. The minimum absolute atomic E-state index is 0.147. The first-order valence-electron chi connectivity index (χ1n) is 14.6. The van der Waals surface area contributed by atoms with Gasteiger partial charge in [-0.3, -0.25) is 5.41 Å². The number of benzene rings is 6. The molecule has 0 radical (unpaired) electrons. The second-order valence-electron chi connectivity index (χ2n) is 10.8. The fraction of sp³-hybridized carbons (Fsp3) is 0.0250. The largest absolute Gasteiger partial charge is 0.456 e. The molecule has 0 aliphatic rings. The zero-order valence-electron chi connectivity index (χ0n) is 24.2. The molecule has 6 aromatic carbocycles. The molecular formula is C40H29N3O. The van der Waals surface area contributed by atoms with E-state index in [4.69, 9.17) is 19.8 Å². The van der Waals surface area contributed by atoms with E-state index in [1.54, 1.807) is 0 Å². The Morgan fingerprint density at radius 2 is 1.23 bits per heavy atom. The van der Waals surface area contributed by atoms with Crippen LogP contribution in [0.3, 0.4) is 0 Å². The standard InChI is InChI=1S/C40H29N3O/c1-27-18-20-29(21-19-27)32-22-23-36-35(25-32)38-34(16-9-17-37(38)44-36)26-42-40(30-12-6-3-7-13-30)43-39(41)33-15-8-14-31(24-33)28-10-4-2-5-11-28/h2-26,41H,1H3. The molecule has 0 aliphatic heterocycles. The Morgan fingerprint density at radius 1 is 0.591 bits per heavy atom. The molecule has 7 aromatic rings. The van der Waals surface area contributed by atoms with Crippen LogP contribution < -0.4 is 0 Å². The van der Waals surface area contributed by atoms with Gasteiger partial charge in [-0.2, -0.15) is 0 Å². The van der Waals surface area contributed by atoms with Crippen molar-refractivity contribution in [2.45, 2.75) is 6.92 Å². The van der Waals surface area contributed by atoms with Gasteiger partial charge in [-0.05, 0) is 53.4 Å². The second-order valence-corrected chi connectivity index (χ2v) is 10.8. The van der Waals surface area contributed by atoms with Crippen LogP contribution >= 0.6 is 0 Å². The maximum Gasteiger partial charge on any atom is 0.161 e. The Balaban J connectivity index is 1.29. The summed E-state index contributed by atoms with van der Waals surface area (Å²) in [5.41, 5.74) is 9.76. The SMILES string of the molecule is Cc1ccc(-c2ccc3oc4cccc(C=NC(=NC(=N)c5cccc(-c6ccccc6)c5)c5ccccc5)c4c3c2)cc1. The summed E-state index contributed by atoms with van der Waals surface area (Å²) < 4.78 is 6.24. The van der Waals surface area contributed by atoms with Crippen molar-refractivity contribution >= 4 is 39.8 Å². The normalized spacial score (nSPS) is 11.9. The summed E-state index contributed by atoms with van der Waals surface area (Å²) in [4.78, 5) is 9.62. The highest BCUT2D eigenvalue weighted by Crippen LogP contribution is 2.34. The lowest BCUT2D eigenvalue weighted by molar-refractivity contribution is 0.669. The van der Waals surface area contributed by atoms with Gasteiger partial charge >= 0.3 is 0 Å². The second kappa shape index (κ2) is 11.8. The third-order valence-corrected chi connectivity index (χ3v) is 7.73. The van der Waals surface area contributed by atoms with Gasteiger partial charge in [0.1, 0.15) is 11.2 Å². The average molecular weight is 568 g/mol. The highest BCUT2D eigenvalue weighted by atomic mass is 16.3. The lowest BCUT2D eigenvalue weighted by Crippen LogP contribution is -2.04. The van der Waals surface area contributed by atoms with Crippen LogP contribution in [0.25, 0.3) is 44.2 Å². The molecule has 0 amide bonds. The number of furan rings is 1. The molecule has 0 saturated carbocycles. The van der Waals surface area contributed by atoms with Gasteiger partial charge in [0.05, 0.1) is 0 Å². The molecule has 210 valence electrons. The van der Waals surface area contributed by atoms with Crippen LogP contribution in [0, 0.1) is 12.3 Å². The Morgan fingerprint density at radius 3 is 2.02 bits per heavy atom. The lowest BCUT2D eigenvalue weighted by atomic mass is 10.0. The third kappa shape index (κ3) is 5.49. The van der Waals surface area contributed by atoms with E-state index in [1.165, 1.54) is 5.56 Å². The third-order valence-electron chi connectivity index (χ3n) is 7.73. The fourth-order valence-electron chi connectivity index (χ4n) is 5.42. The number of nitrogens with one attached hydrogen (secondary N) is 1. The van der Waals surface area contributed by atoms with Crippen LogP contribution in [-0.2, 0) is 0 Å². The zero-order chi connectivity index (χ0) is 29.9. The molecule has 7 rings (SSSR count). The van der Waals surface area contributed by atoms with Crippen molar-refractivity contribution in [1.29, 1.82) is 5.41 Å². The van der Waals surface area contributed by atoms with Crippen LogP contribution in [0.15, 0.2) is 160 Å². The first-order valence-corrected chi connectivity index (χ1v) is 14.6. The van der Waals surface area contributed by atoms with E-state index in [-0.39, 0.29) is 5.84 Å². The molecule has 4 heteroatoms. The van der Waals surface area contributed by atoms with E-state index < -0.39 is 0 Å². The number of nitrogens with zero attached hydrogens (tertiary/aromatic N) is 2. The Kier molecular flexibility index (Phi) is 7.23. The van der Waals surface area contributed by atoms with E-state index in [0.717, 1.165) is 60.9 Å². The maximum absolute atomic E-state index is 8.91. The van der Waals surface area contributed by atoms with E-state index >= 15 is 0 Å². The molecule has 1 aromatic heterocycles. The molecule has 44 heavy (non-hydrogen) atoms. The topological polar surface area (TPSA) is 61.7 Å². The molecule has 1 N–H and O–H groups in total. The molecule has 0 aliphatic carbocycles. The molecule has 0 spiro atoms. The first kappa shape index (κ1) is 27.0. The van der Waals surface area contributed by atoms with Crippen molar-refractivity contribution in [2.24, 2.45) is 9.98 Å². The number of fused-ring (bicyclic) bond motifs is 3. The Hall–Kier alpha value is -5.87. The van der Waals surface area contributed by atoms with Gasteiger partial charge in [-0.1, -0.05) is 127 Å². The number of aliphatic imine (C=N–C) groups is 2. The van der Waals surface area contributed by atoms with Crippen LogP contribution in [0.1, 0.15) is 22.3 Å². The Labute approximate surface area is 256 Å². The lowest BCUT2D eigenvalue weighted by Gasteiger charge is -2.06. The van der Waals surface area contributed by atoms with Crippen molar-refractivity contribution in [1.82, 2.24) is 0 Å². The van der Waals surface area contributed by atoms with Gasteiger partial charge in [-0.25, -0.2) is 9.98 Å². The molecular weight excluding hydrogens is 538 g/mol. The van der Waals surface area contributed by atoms with Gasteiger partial charge in [0.25, 0.3) is 0 Å². The summed E-state index contributed by atoms with van der Waals surface area (Å²) in [6.07, 6.45) is 1.83. The number of amidine groups is 2. The summed E-state index contributed by atoms with van der Waals surface area (Å²) in [7, 11) is 0. The van der Waals surface area contributed by atoms with Gasteiger partial charge in [0.15, 0.2) is 11.7 Å². The van der Waals surface area contributed by atoms with Crippen LogP contribution in [-0.4, -0.2) is 17.9 Å². The van der Waals surface area contributed by atoms with E-state index in [9.17, 15) is 0 Å². The maximum atomic E-state index is 8.91. The number of hydrogen-bond donors (Lipinski definition) is 1. The quantitative estimate of drug-likeness (QED) is 0.163. The smallest absolute Gasteiger partial charge is 0.161 e. The van der Waals surface area contributed by atoms with Crippen molar-refractivity contribution in [3.8, 4) is 22.3 Å². The van der Waals surface area contributed by atoms with E-state index in [1.807, 2.05) is 103 Å². The van der Waals surface area contributed by atoms with E-state index in [2.05, 4.69) is 55.5 Å². The molecule has 0 unspecified atom stereocenters. The summed E-state index contributed by atoms with van der Waals surface area (Å²) in [6, 6.07) is 48.7. The van der Waals surface area contributed by atoms with Gasteiger partial charge in [0, 0.05) is 33.7 Å². The van der Waals surface area contributed by atoms with Gasteiger partial charge in [0.2, 0.25) is 0 Å². The molecule has 0 saturated heterocycles. The van der Waals surface area contributed by atoms with Crippen LogP contribution in [0.4, 0.5) is 0 Å². The summed E-state index contributed by atoms with van der Waals surface area (Å²) in [5, 5.41) is 10.9. The van der Waals surface area contributed by atoms with Gasteiger partial charge < -0.3 is 4.42 Å². The van der Waals surface area contributed by atoms with Crippen molar-refractivity contribution in [3.63, 3.8) is 0 Å². The molecule has 0 fully saturated rings. The number of aryl methyl sites for hydroxylation is 1. The predicted molar refractivity (Wildman–Crippen MR) is 183 cm³/mol. The fourth-order valence-corrected chi connectivity index (χ4v) is 5.42. The van der Waals surface area contributed by atoms with Crippen molar-refractivity contribution in [3.05, 3.63) is 168 Å². The monoisotopic (exact) mass is 567 g/mol. The van der Waals surface area contributed by atoms with Crippen molar-refractivity contribution < 1.29 is 4.42 Å². The molecule has 0 atom stereocenters. The van der Waals surface area contributed by atoms with Crippen LogP contribution in [0.2, 0.25) is 0 Å². The number of rotatable bonds is 5. The highest BCUT2D eigenvalue weighted by Gasteiger charge is 2.13. The van der Waals surface area contributed by atoms with Gasteiger partial charge in [-0.15, -0.1) is 0 Å². The predicted octanol–water partition coefficient (Wildman–Crippen LogP) is 10.1. The number of hydrogen-bond acceptors (Lipinski definition) is 2. The minimum atomic E-state index is 0.147. The Bertz CT molecular complexity index is 2170. The summed E-state index contributed by atoms with van der Waals surface area (Å²) in [5.74, 6) is 0.611. The molecule has 4 nitrogen and oxygen atoms in total. The average Bonchev–Trinajstić information content (AvgIpc) is 3.46. The molecule has 0 bridgehead atoms. The zero-order valence-corrected chi connectivity index (χ0v) is 24.2. The minimum Gasteiger partial charge on any atom is -0.456 e. The summed E-state index contributed by atoms with van der Waals surface area (Å²) in [6.45, 7) is 2.10. The van der Waals surface area contributed by atoms with E-state index in [0.29, 0.717) is 5.84 Å². The highest BCUT2D eigenvalue weighted by molar-refractivity contribution is 6.17. The van der Waals surface area contributed by atoms with Crippen LogP contribution in [0.5, 0.6) is 0 Å². The van der Waals surface area contributed by atoms with Crippen molar-refractivity contribution in [2.75, 3.05) is 0 Å².